The molecule has 0 radical (unpaired) electrons. The molecule has 2 rings (SSSR count). The van der Waals surface area contributed by atoms with Crippen molar-refractivity contribution in [3.63, 3.8) is 0 Å². The fourth-order valence-corrected chi connectivity index (χ4v) is 2.78. The van der Waals surface area contributed by atoms with E-state index in [1.165, 1.54) is 11.3 Å². The van der Waals surface area contributed by atoms with Crippen LogP contribution < -0.4 is 4.74 Å². The van der Waals surface area contributed by atoms with Crippen LogP contribution in [0.2, 0.25) is 0 Å². The maximum absolute atomic E-state index is 10.4. The normalized spacial score (nSPS) is 12.4. The van der Waals surface area contributed by atoms with Gasteiger partial charge in [0.05, 0.1) is 28.4 Å². The molecule has 0 aromatic carbocycles. The van der Waals surface area contributed by atoms with E-state index in [1.54, 1.807) is 12.4 Å². The van der Waals surface area contributed by atoms with Gasteiger partial charge in [-0.25, -0.2) is 4.98 Å². The molecule has 5 heteroatoms. The molecule has 0 aliphatic heterocycles. The van der Waals surface area contributed by atoms with Gasteiger partial charge >= 0.3 is 0 Å². The zero-order chi connectivity index (χ0) is 13.8. The predicted molar refractivity (Wildman–Crippen MR) is 75.7 cm³/mol. The number of ether oxygens (including phenoxy) is 1. The Balaban J connectivity index is 2.23. The summed E-state index contributed by atoms with van der Waals surface area (Å²) in [6, 6.07) is 1.84. The Morgan fingerprint density at radius 1 is 1.37 bits per heavy atom. The van der Waals surface area contributed by atoms with Gasteiger partial charge in [0.15, 0.2) is 0 Å². The third kappa shape index (κ3) is 3.30. The van der Waals surface area contributed by atoms with Gasteiger partial charge in [-0.15, -0.1) is 11.3 Å². The van der Waals surface area contributed by atoms with Gasteiger partial charge in [-0.1, -0.05) is 6.92 Å². The summed E-state index contributed by atoms with van der Waals surface area (Å²) in [5.41, 5.74) is 1.61. The second kappa shape index (κ2) is 6.12. The summed E-state index contributed by atoms with van der Waals surface area (Å²) < 4.78 is 5.53. The topological polar surface area (TPSA) is 55.2 Å². The summed E-state index contributed by atoms with van der Waals surface area (Å²) in [6.07, 6.45) is 3.58. The molecule has 2 aromatic heterocycles. The summed E-state index contributed by atoms with van der Waals surface area (Å²) >= 11 is 1.51. The molecular weight excluding hydrogens is 260 g/mol. The average Bonchev–Trinajstić information content (AvgIpc) is 2.75. The number of thiazole rings is 1. The number of aromatic nitrogens is 2. The van der Waals surface area contributed by atoms with Gasteiger partial charge < -0.3 is 9.84 Å². The van der Waals surface area contributed by atoms with Crippen LogP contribution in [0.1, 0.15) is 40.6 Å². The number of pyridine rings is 1. The van der Waals surface area contributed by atoms with Crippen LogP contribution in [0.25, 0.3) is 0 Å². The Kier molecular flexibility index (Phi) is 4.50. The lowest BCUT2D eigenvalue weighted by Gasteiger charge is -2.11. The molecule has 0 saturated heterocycles. The molecule has 1 N–H and O–H groups in total. The quantitative estimate of drug-likeness (QED) is 0.913. The lowest BCUT2D eigenvalue weighted by molar-refractivity contribution is 0.221. The van der Waals surface area contributed by atoms with Gasteiger partial charge in [0.25, 0.3) is 0 Å². The summed E-state index contributed by atoms with van der Waals surface area (Å²) in [5, 5.41) is 11.4. The highest BCUT2D eigenvalue weighted by Gasteiger charge is 2.17. The van der Waals surface area contributed by atoms with Crippen LogP contribution in [-0.4, -0.2) is 21.7 Å². The molecule has 0 fully saturated rings. The summed E-state index contributed by atoms with van der Waals surface area (Å²) in [5.74, 6) is 0.692. The van der Waals surface area contributed by atoms with E-state index in [-0.39, 0.29) is 0 Å². The number of rotatable bonds is 5. The van der Waals surface area contributed by atoms with E-state index in [9.17, 15) is 5.11 Å². The number of hydrogen-bond acceptors (Lipinski definition) is 5. The molecule has 4 nitrogen and oxygen atoms in total. The molecule has 1 atom stereocenters. The molecular formula is C14H18N2O2S. The second-order valence-corrected chi connectivity index (χ2v) is 5.62. The molecule has 2 aromatic rings. The van der Waals surface area contributed by atoms with Crippen molar-refractivity contribution in [1.29, 1.82) is 0 Å². The van der Waals surface area contributed by atoms with E-state index in [0.29, 0.717) is 12.4 Å². The van der Waals surface area contributed by atoms with Gasteiger partial charge in [-0.3, -0.25) is 4.98 Å². The molecule has 2 heterocycles. The number of aliphatic hydroxyl groups is 1. The smallest absolute Gasteiger partial charge is 0.137 e. The molecule has 0 aliphatic rings. The third-order valence-electron chi connectivity index (χ3n) is 2.71. The Bertz CT molecular complexity index is 554. The van der Waals surface area contributed by atoms with Gasteiger partial charge in [-0.05, 0) is 26.3 Å². The van der Waals surface area contributed by atoms with E-state index in [1.807, 2.05) is 19.9 Å². The van der Waals surface area contributed by atoms with Crippen LogP contribution in [0.4, 0.5) is 0 Å². The van der Waals surface area contributed by atoms with Gasteiger partial charge in [-0.2, -0.15) is 0 Å². The van der Waals surface area contributed by atoms with Crippen molar-refractivity contribution in [1.82, 2.24) is 9.97 Å². The van der Waals surface area contributed by atoms with Crippen molar-refractivity contribution >= 4 is 11.3 Å². The first-order chi connectivity index (χ1) is 9.11. The molecule has 0 spiro atoms. The monoisotopic (exact) mass is 278 g/mol. The molecule has 0 saturated carbocycles. The minimum atomic E-state index is -0.691. The van der Waals surface area contributed by atoms with E-state index >= 15 is 0 Å². The Morgan fingerprint density at radius 3 is 2.79 bits per heavy atom. The summed E-state index contributed by atoms with van der Waals surface area (Å²) in [7, 11) is 0. The highest BCUT2D eigenvalue weighted by Crippen LogP contribution is 2.30. The van der Waals surface area contributed by atoms with Gasteiger partial charge in [0, 0.05) is 11.8 Å². The molecule has 0 aliphatic carbocycles. The Morgan fingerprint density at radius 2 is 2.16 bits per heavy atom. The van der Waals surface area contributed by atoms with Crippen molar-refractivity contribution in [2.45, 2.75) is 33.3 Å². The minimum Gasteiger partial charge on any atom is -0.492 e. The van der Waals surface area contributed by atoms with E-state index in [2.05, 4.69) is 16.9 Å². The fraction of sp³-hybridized carbons (Fsp3) is 0.429. The van der Waals surface area contributed by atoms with Crippen LogP contribution in [-0.2, 0) is 0 Å². The summed E-state index contributed by atoms with van der Waals surface area (Å²) in [4.78, 5) is 9.32. The standard InChI is InChI=1S/C14H18N2O2S/c1-4-5-18-12-6-11(7-15-8-12)13(17)14-9(2)16-10(3)19-14/h6-8,13,17H,4-5H2,1-3H3. The first-order valence-electron chi connectivity index (χ1n) is 6.31. The van der Waals surface area contributed by atoms with Crippen LogP contribution in [0, 0.1) is 13.8 Å². The molecule has 19 heavy (non-hydrogen) atoms. The van der Waals surface area contributed by atoms with Crippen molar-refractivity contribution < 1.29 is 9.84 Å². The number of hydrogen-bond donors (Lipinski definition) is 1. The van der Waals surface area contributed by atoms with E-state index in [4.69, 9.17) is 4.74 Å². The lowest BCUT2D eigenvalue weighted by Crippen LogP contribution is -2.02. The van der Waals surface area contributed by atoms with Crippen molar-refractivity contribution in [3.05, 3.63) is 39.6 Å². The highest BCUT2D eigenvalue weighted by molar-refractivity contribution is 7.11. The Labute approximate surface area is 117 Å². The second-order valence-electron chi connectivity index (χ2n) is 4.39. The molecule has 0 bridgehead atoms. The minimum absolute atomic E-state index is 0.653. The first kappa shape index (κ1) is 14.0. The van der Waals surface area contributed by atoms with Crippen LogP contribution >= 0.6 is 11.3 Å². The first-order valence-corrected chi connectivity index (χ1v) is 7.13. The van der Waals surface area contributed by atoms with E-state index in [0.717, 1.165) is 27.6 Å². The largest absolute Gasteiger partial charge is 0.492 e. The third-order valence-corrected chi connectivity index (χ3v) is 3.84. The molecule has 0 amide bonds. The SMILES string of the molecule is CCCOc1cncc(C(O)c2sc(C)nc2C)c1. The zero-order valence-corrected chi connectivity index (χ0v) is 12.2. The van der Waals surface area contributed by atoms with Gasteiger partial charge in [0.2, 0.25) is 0 Å². The van der Waals surface area contributed by atoms with Crippen molar-refractivity contribution in [3.8, 4) is 5.75 Å². The summed E-state index contributed by atoms with van der Waals surface area (Å²) in [6.45, 7) is 6.55. The van der Waals surface area contributed by atoms with Gasteiger partial charge in [0.1, 0.15) is 11.9 Å². The van der Waals surface area contributed by atoms with Crippen LogP contribution in [0.3, 0.4) is 0 Å². The maximum Gasteiger partial charge on any atom is 0.137 e. The fourth-order valence-electron chi connectivity index (χ4n) is 1.84. The van der Waals surface area contributed by atoms with E-state index < -0.39 is 6.10 Å². The molecule has 1 unspecified atom stereocenters. The van der Waals surface area contributed by atoms with Crippen molar-refractivity contribution in [2.75, 3.05) is 6.61 Å². The van der Waals surface area contributed by atoms with Crippen LogP contribution in [0.5, 0.6) is 5.75 Å². The average molecular weight is 278 g/mol. The lowest BCUT2D eigenvalue weighted by atomic mass is 10.1. The number of aryl methyl sites for hydroxylation is 2. The highest BCUT2D eigenvalue weighted by atomic mass is 32.1. The molecule has 102 valence electrons. The van der Waals surface area contributed by atoms with Crippen molar-refractivity contribution in [2.24, 2.45) is 0 Å². The zero-order valence-electron chi connectivity index (χ0n) is 11.4. The Hall–Kier alpha value is -1.46. The number of aliphatic hydroxyl groups excluding tert-OH is 1. The predicted octanol–water partition coefficient (Wildman–Crippen LogP) is 3.03. The maximum atomic E-state index is 10.4. The van der Waals surface area contributed by atoms with Crippen LogP contribution in [0.15, 0.2) is 18.5 Å². The number of nitrogens with zero attached hydrogens (tertiary/aromatic N) is 2.